The fraction of sp³-hybridized carbons (Fsp3) is 0.286. The van der Waals surface area contributed by atoms with E-state index in [4.69, 9.17) is 4.74 Å². The lowest BCUT2D eigenvalue weighted by atomic mass is 10.1. The molecule has 0 amide bonds. The van der Waals surface area contributed by atoms with Crippen molar-refractivity contribution in [2.24, 2.45) is 0 Å². The second kappa shape index (κ2) is 8.05. The van der Waals surface area contributed by atoms with Gasteiger partial charge in [-0.15, -0.1) is 0 Å². The summed E-state index contributed by atoms with van der Waals surface area (Å²) in [6, 6.07) is 14.1. The van der Waals surface area contributed by atoms with Gasteiger partial charge in [0.2, 0.25) is 0 Å². The SMILES string of the molecule is CC(C)(C)OC(=O)CSc1nc2ccccc2nc1Cc1ccccc1F. The van der Waals surface area contributed by atoms with Gasteiger partial charge in [0, 0.05) is 6.42 Å². The van der Waals surface area contributed by atoms with Crippen molar-refractivity contribution in [1.82, 2.24) is 9.97 Å². The van der Waals surface area contributed by atoms with Crippen LogP contribution in [0.5, 0.6) is 0 Å². The van der Waals surface area contributed by atoms with Gasteiger partial charge in [0.1, 0.15) is 16.4 Å². The Balaban J connectivity index is 1.89. The number of hydrogen-bond donors (Lipinski definition) is 0. The summed E-state index contributed by atoms with van der Waals surface area (Å²) in [6.45, 7) is 5.49. The number of thioether (sulfide) groups is 1. The Kier molecular flexibility index (Phi) is 5.75. The molecule has 0 radical (unpaired) electrons. The van der Waals surface area contributed by atoms with E-state index in [2.05, 4.69) is 9.97 Å². The fourth-order valence-electron chi connectivity index (χ4n) is 2.57. The molecule has 0 aliphatic heterocycles. The molecule has 0 unspecified atom stereocenters. The summed E-state index contributed by atoms with van der Waals surface area (Å²) in [6.07, 6.45) is 0.307. The molecule has 0 fully saturated rings. The number of rotatable bonds is 5. The van der Waals surface area contributed by atoms with Gasteiger partial charge >= 0.3 is 5.97 Å². The Morgan fingerprint density at radius 1 is 1.04 bits per heavy atom. The average Bonchev–Trinajstić information content (AvgIpc) is 2.60. The minimum atomic E-state index is -0.539. The summed E-state index contributed by atoms with van der Waals surface area (Å²) in [7, 11) is 0. The Morgan fingerprint density at radius 2 is 1.67 bits per heavy atom. The molecule has 0 atom stereocenters. The van der Waals surface area contributed by atoms with Crippen LogP contribution in [0.4, 0.5) is 4.39 Å². The second-order valence-corrected chi connectivity index (χ2v) is 8.07. The molecular formula is C21H21FN2O2S. The van der Waals surface area contributed by atoms with Gasteiger partial charge in [0.25, 0.3) is 0 Å². The van der Waals surface area contributed by atoms with E-state index in [0.29, 0.717) is 22.7 Å². The maximum Gasteiger partial charge on any atom is 0.316 e. The zero-order valence-corrected chi connectivity index (χ0v) is 16.3. The van der Waals surface area contributed by atoms with E-state index in [0.717, 1.165) is 11.0 Å². The molecule has 6 heteroatoms. The van der Waals surface area contributed by atoms with Crippen LogP contribution < -0.4 is 0 Å². The molecule has 140 valence electrons. The van der Waals surface area contributed by atoms with Crippen LogP contribution in [0.25, 0.3) is 11.0 Å². The van der Waals surface area contributed by atoms with Crippen LogP contribution >= 0.6 is 11.8 Å². The summed E-state index contributed by atoms with van der Waals surface area (Å²) >= 11 is 1.27. The largest absolute Gasteiger partial charge is 0.459 e. The molecule has 1 aromatic heterocycles. The molecule has 2 aromatic carbocycles. The number of nitrogens with zero attached hydrogens (tertiary/aromatic N) is 2. The van der Waals surface area contributed by atoms with Crippen molar-refractivity contribution in [2.45, 2.75) is 37.8 Å². The van der Waals surface area contributed by atoms with Crippen molar-refractivity contribution in [3.63, 3.8) is 0 Å². The standard InChI is InChI=1S/C21H21FN2O2S/c1-21(2,3)26-19(25)13-27-20-18(12-14-8-4-5-9-15(14)22)23-16-10-6-7-11-17(16)24-20/h4-11H,12-13H2,1-3H3. The quantitative estimate of drug-likeness (QED) is 0.467. The predicted octanol–water partition coefficient (Wildman–Crippen LogP) is 4.79. The van der Waals surface area contributed by atoms with Gasteiger partial charge < -0.3 is 4.74 Å². The van der Waals surface area contributed by atoms with Gasteiger partial charge in [0.05, 0.1) is 22.5 Å². The van der Waals surface area contributed by atoms with Gasteiger partial charge in [-0.1, -0.05) is 42.1 Å². The topological polar surface area (TPSA) is 52.1 Å². The first-order valence-corrected chi connectivity index (χ1v) is 9.64. The summed E-state index contributed by atoms with van der Waals surface area (Å²) in [4.78, 5) is 21.4. The van der Waals surface area contributed by atoms with Crippen molar-refractivity contribution < 1.29 is 13.9 Å². The van der Waals surface area contributed by atoms with Crippen molar-refractivity contribution in [1.29, 1.82) is 0 Å². The predicted molar refractivity (Wildman–Crippen MR) is 105 cm³/mol. The minimum absolute atomic E-state index is 0.120. The van der Waals surface area contributed by atoms with Crippen molar-refractivity contribution >= 4 is 28.8 Å². The second-order valence-electron chi connectivity index (χ2n) is 7.11. The zero-order valence-electron chi connectivity index (χ0n) is 15.5. The van der Waals surface area contributed by atoms with E-state index in [9.17, 15) is 9.18 Å². The van der Waals surface area contributed by atoms with Crippen molar-refractivity contribution in [3.8, 4) is 0 Å². The maximum atomic E-state index is 14.1. The van der Waals surface area contributed by atoms with E-state index in [1.165, 1.54) is 17.8 Å². The molecule has 0 bridgehead atoms. The van der Waals surface area contributed by atoms with Crippen LogP contribution in [0, 0.1) is 5.82 Å². The first-order valence-electron chi connectivity index (χ1n) is 8.65. The normalized spacial score (nSPS) is 11.6. The maximum absolute atomic E-state index is 14.1. The fourth-order valence-corrected chi connectivity index (χ4v) is 3.33. The monoisotopic (exact) mass is 384 g/mol. The van der Waals surface area contributed by atoms with Crippen LogP contribution in [0.15, 0.2) is 53.6 Å². The number of fused-ring (bicyclic) bond motifs is 1. The third-order valence-electron chi connectivity index (χ3n) is 3.67. The summed E-state index contributed by atoms with van der Waals surface area (Å²) in [5.74, 6) is -0.482. The number of halogens is 1. The number of carbonyl (C=O) groups is 1. The number of hydrogen-bond acceptors (Lipinski definition) is 5. The van der Waals surface area contributed by atoms with Gasteiger partial charge in [-0.25, -0.2) is 14.4 Å². The number of benzene rings is 2. The Labute approximate surface area is 162 Å². The first kappa shape index (κ1) is 19.3. The number of ether oxygens (including phenoxy) is 1. The van der Waals surface area contributed by atoms with Gasteiger partial charge in [-0.05, 0) is 44.5 Å². The van der Waals surface area contributed by atoms with Crippen molar-refractivity contribution in [3.05, 3.63) is 65.6 Å². The third-order valence-corrected chi connectivity index (χ3v) is 4.65. The smallest absolute Gasteiger partial charge is 0.316 e. The molecule has 27 heavy (non-hydrogen) atoms. The Morgan fingerprint density at radius 3 is 2.33 bits per heavy atom. The molecular weight excluding hydrogens is 363 g/mol. The molecule has 0 saturated carbocycles. The highest BCUT2D eigenvalue weighted by atomic mass is 32.2. The number of para-hydroxylation sites is 2. The van der Waals surface area contributed by atoms with Crippen LogP contribution in [0.3, 0.4) is 0 Å². The zero-order chi connectivity index (χ0) is 19.4. The first-order chi connectivity index (χ1) is 12.8. The van der Waals surface area contributed by atoms with Crippen molar-refractivity contribution in [2.75, 3.05) is 5.75 Å². The third kappa shape index (κ3) is 5.26. The van der Waals surface area contributed by atoms with Crippen LogP contribution in [-0.2, 0) is 16.0 Å². The van der Waals surface area contributed by atoms with E-state index in [-0.39, 0.29) is 17.5 Å². The summed E-state index contributed by atoms with van der Waals surface area (Å²) < 4.78 is 19.4. The van der Waals surface area contributed by atoms with Gasteiger partial charge in [0.15, 0.2) is 0 Å². The highest BCUT2D eigenvalue weighted by molar-refractivity contribution is 7.99. The molecule has 0 spiro atoms. The lowest BCUT2D eigenvalue weighted by Crippen LogP contribution is -2.25. The Bertz CT molecular complexity index is 970. The van der Waals surface area contributed by atoms with E-state index in [1.54, 1.807) is 18.2 Å². The minimum Gasteiger partial charge on any atom is -0.459 e. The highest BCUT2D eigenvalue weighted by Gasteiger charge is 2.18. The average molecular weight is 384 g/mol. The van der Waals surface area contributed by atoms with Crippen LogP contribution in [0.2, 0.25) is 0 Å². The number of aromatic nitrogens is 2. The molecule has 3 rings (SSSR count). The number of carbonyl (C=O) groups excluding carboxylic acids is 1. The molecule has 0 aliphatic carbocycles. The molecule has 1 heterocycles. The molecule has 3 aromatic rings. The van der Waals surface area contributed by atoms with E-state index >= 15 is 0 Å². The van der Waals surface area contributed by atoms with E-state index < -0.39 is 5.60 Å². The van der Waals surface area contributed by atoms with Gasteiger partial charge in [-0.2, -0.15) is 0 Å². The van der Waals surface area contributed by atoms with Crippen LogP contribution in [0.1, 0.15) is 32.0 Å². The molecule has 4 nitrogen and oxygen atoms in total. The Hall–Kier alpha value is -2.47. The van der Waals surface area contributed by atoms with Gasteiger partial charge in [-0.3, -0.25) is 4.79 Å². The van der Waals surface area contributed by atoms with Crippen LogP contribution in [-0.4, -0.2) is 27.3 Å². The highest BCUT2D eigenvalue weighted by Crippen LogP contribution is 2.26. The molecule has 0 N–H and O–H groups in total. The number of esters is 1. The molecule has 0 aliphatic rings. The lowest BCUT2D eigenvalue weighted by molar-refractivity contribution is -0.151. The van der Waals surface area contributed by atoms with E-state index in [1.807, 2.05) is 45.0 Å². The molecule has 0 saturated heterocycles. The lowest BCUT2D eigenvalue weighted by Gasteiger charge is -2.19. The summed E-state index contributed by atoms with van der Waals surface area (Å²) in [5.41, 5.74) is 2.13. The summed E-state index contributed by atoms with van der Waals surface area (Å²) in [5, 5.41) is 0.614.